The maximum Gasteiger partial charge on any atom is 0.336 e. The van der Waals surface area contributed by atoms with E-state index < -0.39 is 12.3 Å². The summed E-state index contributed by atoms with van der Waals surface area (Å²) >= 11 is 1.41. The highest BCUT2D eigenvalue weighted by Crippen LogP contribution is 2.41. The van der Waals surface area contributed by atoms with Gasteiger partial charge in [0.1, 0.15) is 0 Å². The molecular weight excluding hydrogens is 554 g/mol. The number of carboxylic acid groups (broad SMARTS) is 1. The molecule has 8 nitrogen and oxygen atoms in total. The van der Waals surface area contributed by atoms with Gasteiger partial charge in [-0.15, -0.1) is 11.8 Å². The summed E-state index contributed by atoms with van der Waals surface area (Å²) in [7, 11) is 0. The van der Waals surface area contributed by atoms with Crippen molar-refractivity contribution in [2.24, 2.45) is 0 Å². The number of carboxylic acids is 1. The molecule has 0 bridgehead atoms. The minimum atomic E-state index is -0.990. The van der Waals surface area contributed by atoms with Gasteiger partial charge in [-0.25, -0.2) is 9.69 Å². The molecule has 3 atom stereocenters. The zero-order valence-corrected chi connectivity index (χ0v) is 23.2. The maximum atomic E-state index is 13.1. The van der Waals surface area contributed by atoms with Crippen LogP contribution in [0.2, 0.25) is 0 Å². The number of anilines is 1. The summed E-state index contributed by atoms with van der Waals surface area (Å²) < 4.78 is 12.8. The van der Waals surface area contributed by atoms with E-state index in [1.165, 1.54) is 11.8 Å². The van der Waals surface area contributed by atoms with Gasteiger partial charge >= 0.3 is 5.97 Å². The van der Waals surface area contributed by atoms with Crippen LogP contribution in [-0.2, 0) is 16.1 Å². The van der Waals surface area contributed by atoms with Crippen molar-refractivity contribution in [3.8, 4) is 0 Å². The summed E-state index contributed by atoms with van der Waals surface area (Å²) in [5.74, 6) is -1.28. The van der Waals surface area contributed by atoms with Gasteiger partial charge in [-0.2, -0.15) is 0 Å². The minimum absolute atomic E-state index is 0.0651. The molecule has 2 amide bonds. The average Bonchev–Trinajstić information content (AvgIpc) is 3.29. The predicted molar refractivity (Wildman–Crippen MR) is 157 cm³/mol. The number of aromatic carboxylic acids is 1. The number of hydrogen-bond donors (Lipinski definition) is 2. The van der Waals surface area contributed by atoms with E-state index in [4.69, 9.17) is 9.47 Å². The van der Waals surface area contributed by atoms with Crippen molar-refractivity contribution in [1.29, 1.82) is 0 Å². The van der Waals surface area contributed by atoms with Gasteiger partial charge in [0.2, 0.25) is 0 Å². The summed E-state index contributed by atoms with van der Waals surface area (Å²) in [5, 5.41) is 19.1. The Morgan fingerprint density at radius 1 is 0.833 bits per heavy atom. The number of hydrogen-bond acceptors (Lipinski definition) is 7. The Morgan fingerprint density at radius 2 is 1.52 bits per heavy atom. The fourth-order valence-electron chi connectivity index (χ4n) is 5.21. The van der Waals surface area contributed by atoms with Gasteiger partial charge in [-0.05, 0) is 47.5 Å². The number of carbonyl (C=O) groups excluding carboxylic acids is 2. The number of benzene rings is 4. The van der Waals surface area contributed by atoms with E-state index in [2.05, 4.69) is 0 Å². The number of aliphatic hydroxyl groups excluding tert-OH is 1. The molecule has 0 unspecified atom stereocenters. The van der Waals surface area contributed by atoms with Crippen molar-refractivity contribution in [3.63, 3.8) is 0 Å². The Hall–Kier alpha value is -4.28. The zero-order valence-electron chi connectivity index (χ0n) is 22.4. The van der Waals surface area contributed by atoms with Gasteiger partial charge in [0.15, 0.2) is 6.29 Å². The molecule has 1 saturated heterocycles. The van der Waals surface area contributed by atoms with E-state index in [0.29, 0.717) is 39.4 Å². The molecule has 2 aliphatic rings. The molecule has 9 heteroatoms. The molecule has 6 rings (SSSR count). The van der Waals surface area contributed by atoms with Crippen LogP contribution in [0.5, 0.6) is 0 Å². The first kappa shape index (κ1) is 27.9. The van der Waals surface area contributed by atoms with Gasteiger partial charge in [-0.1, -0.05) is 60.7 Å². The molecule has 2 aliphatic heterocycles. The van der Waals surface area contributed by atoms with Crippen molar-refractivity contribution < 1.29 is 34.1 Å². The lowest BCUT2D eigenvalue weighted by molar-refractivity contribution is -0.245. The summed E-state index contributed by atoms with van der Waals surface area (Å²) in [6.45, 7) is -0.0651. The predicted octanol–water partition coefficient (Wildman–Crippen LogP) is 6.02. The highest BCUT2D eigenvalue weighted by Gasteiger charge is 2.37. The van der Waals surface area contributed by atoms with Gasteiger partial charge in [-0.3, -0.25) is 9.59 Å². The van der Waals surface area contributed by atoms with E-state index in [1.807, 2.05) is 30.3 Å². The normalized spacial score (nSPS) is 20.0. The number of carbonyl (C=O) groups is 3. The first-order valence-corrected chi connectivity index (χ1v) is 14.4. The molecule has 42 heavy (non-hydrogen) atoms. The van der Waals surface area contributed by atoms with E-state index >= 15 is 0 Å². The Kier molecular flexibility index (Phi) is 7.90. The number of ether oxygens (including phenoxy) is 2. The molecule has 0 aromatic heterocycles. The highest BCUT2D eigenvalue weighted by molar-refractivity contribution is 7.99. The molecule has 0 radical (unpaired) electrons. The number of nitrogens with zero attached hydrogens (tertiary/aromatic N) is 1. The Balaban J connectivity index is 1.28. The Morgan fingerprint density at radius 3 is 2.21 bits per heavy atom. The van der Waals surface area contributed by atoms with Crippen molar-refractivity contribution in [2.75, 3.05) is 10.7 Å². The van der Waals surface area contributed by atoms with Crippen LogP contribution in [-0.4, -0.2) is 39.9 Å². The topological polar surface area (TPSA) is 113 Å². The molecule has 2 heterocycles. The van der Waals surface area contributed by atoms with Gasteiger partial charge < -0.3 is 19.7 Å². The third kappa shape index (κ3) is 5.47. The fraction of sp³-hybridized carbons (Fsp3) is 0.182. The quantitative estimate of drug-likeness (QED) is 0.192. The van der Waals surface area contributed by atoms with Gasteiger partial charge in [0, 0.05) is 22.6 Å². The van der Waals surface area contributed by atoms with Crippen LogP contribution in [0.4, 0.5) is 5.69 Å². The van der Waals surface area contributed by atoms with Crippen molar-refractivity contribution >= 4 is 35.2 Å². The number of rotatable bonds is 8. The van der Waals surface area contributed by atoms with E-state index in [9.17, 15) is 24.6 Å². The van der Waals surface area contributed by atoms with Crippen LogP contribution in [0.15, 0.2) is 102 Å². The molecule has 0 saturated carbocycles. The van der Waals surface area contributed by atoms with Crippen molar-refractivity contribution in [3.05, 3.63) is 130 Å². The Labute approximate surface area is 246 Å². The van der Waals surface area contributed by atoms with Crippen LogP contribution in [0.1, 0.15) is 66.6 Å². The SMILES string of the molecule is O=C(O)c1ccccc1SC[C@@H]1C[C@H](c2ccc(CO)cc2)O[C@H](c2cccc(N3C(=O)c4ccccc4C3=O)c2)O1. The third-order valence-electron chi connectivity index (χ3n) is 7.35. The lowest BCUT2D eigenvalue weighted by atomic mass is 10.0. The van der Waals surface area contributed by atoms with Gasteiger partial charge in [0.05, 0.1) is 41.2 Å². The number of fused-ring (bicyclic) bond motifs is 1. The van der Waals surface area contributed by atoms with Crippen LogP contribution < -0.4 is 4.90 Å². The molecule has 0 spiro atoms. The molecule has 1 fully saturated rings. The number of imide groups is 1. The lowest BCUT2D eigenvalue weighted by Crippen LogP contribution is -2.32. The zero-order chi connectivity index (χ0) is 29.2. The Bertz CT molecular complexity index is 1620. The van der Waals surface area contributed by atoms with Crippen LogP contribution in [0, 0.1) is 0 Å². The second-order valence-corrected chi connectivity index (χ2v) is 11.1. The molecule has 4 aromatic carbocycles. The van der Waals surface area contributed by atoms with E-state index in [-0.39, 0.29) is 36.2 Å². The summed E-state index contributed by atoms with van der Waals surface area (Å²) in [6, 6.07) is 28.1. The molecule has 2 N–H and O–H groups in total. The number of aliphatic hydroxyl groups is 1. The molecule has 212 valence electrons. The van der Waals surface area contributed by atoms with Crippen molar-refractivity contribution in [2.45, 2.75) is 36.4 Å². The largest absolute Gasteiger partial charge is 0.478 e. The molecule has 0 aliphatic carbocycles. The second kappa shape index (κ2) is 11.9. The summed E-state index contributed by atoms with van der Waals surface area (Å²) in [4.78, 5) is 39.8. The van der Waals surface area contributed by atoms with Gasteiger partial charge in [0.25, 0.3) is 11.8 Å². The smallest absolute Gasteiger partial charge is 0.336 e. The first-order valence-electron chi connectivity index (χ1n) is 13.5. The van der Waals surface area contributed by atoms with Crippen LogP contribution >= 0.6 is 11.8 Å². The first-order chi connectivity index (χ1) is 20.4. The monoisotopic (exact) mass is 581 g/mol. The summed E-state index contributed by atoms with van der Waals surface area (Å²) in [5.41, 5.74) is 3.72. The van der Waals surface area contributed by atoms with E-state index in [1.54, 1.807) is 66.7 Å². The minimum Gasteiger partial charge on any atom is -0.478 e. The van der Waals surface area contributed by atoms with E-state index in [0.717, 1.165) is 16.0 Å². The molecular formula is C33H27NO7S. The standard InChI is InChI=1S/C33H27NO7S/c35-18-20-12-14-21(15-13-20)28-17-24(19-42-29-11-4-3-10-27(29)32(38)39)40-33(41-28)22-6-5-7-23(16-22)34-30(36)25-8-1-2-9-26(25)31(34)37/h1-16,24,28,33,35H,17-19H2,(H,38,39)/t24-,28+,33+/m0/s1. The number of amides is 2. The average molecular weight is 582 g/mol. The van der Waals surface area contributed by atoms with Crippen LogP contribution in [0.3, 0.4) is 0 Å². The molecule has 4 aromatic rings. The summed E-state index contributed by atoms with van der Waals surface area (Å²) in [6.07, 6.45) is -0.937. The fourth-order valence-corrected chi connectivity index (χ4v) is 6.27. The highest BCUT2D eigenvalue weighted by atomic mass is 32.2. The lowest BCUT2D eigenvalue weighted by Gasteiger charge is -2.36. The van der Waals surface area contributed by atoms with Crippen LogP contribution in [0.25, 0.3) is 0 Å². The second-order valence-electron chi connectivity index (χ2n) is 10.0. The third-order valence-corrected chi connectivity index (χ3v) is 8.56. The van der Waals surface area contributed by atoms with Crippen molar-refractivity contribution in [1.82, 2.24) is 0 Å². The number of thioether (sulfide) groups is 1. The maximum absolute atomic E-state index is 13.1.